The fourth-order valence-corrected chi connectivity index (χ4v) is 3.41. The van der Waals surface area contributed by atoms with Crippen molar-refractivity contribution in [2.75, 3.05) is 12.5 Å². The number of rotatable bonds is 7. The summed E-state index contributed by atoms with van der Waals surface area (Å²) in [4.78, 5) is 12.7. The van der Waals surface area contributed by atoms with Crippen LogP contribution in [0.2, 0.25) is 0 Å². The standard InChI is InChI=1S/C23H21ClN2O4/c1-2-28-23(27)21-19(12-24)30-22(26)18(13-25)20(21)16-9-6-10-17(11-16)29-14-15-7-4-3-5-8-15/h3-11,20H,2,12,14,26H2,1H3/t20-/m1/s1. The number of carbonyl (C=O) groups excluding carboxylic acids is 1. The summed E-state index contributed by atoms with van der Waals surface area (Å²) in [5, 5.41) is 9.70. The van der Waals surface area contributed by atoms with E-state index in [0.717, 1.165) is 5.56 Å². The molecule has 0 aliphatic carbocycles. The summed E-state index contributed by atoms with van der Waals surface area (Å²) in [6, 6.07) is 19.0. The van der Waals surface area contributed by atoms with E-state index in [9.17, 15) is 10.1 Å². The topological polar surface area (TPSA) is 94.6 Å². The Hall–Kier alpha value is -3.43. The molecule has 0 fully saturated rings. The van der Waals surface area contributed by atoms with E-state index in [1.807, 2.05) is 30.3 Å². The van der Waals surface area contributed by atoms with E-state index in [1.165, 1.54) is 0 Å². The van der Waals surface area contributed by atoms with Crippen LogP contribution < -0.4 is 10.5 Å². The lowest BCUT2D eigenvalue weighted by Gasteiger charge is -2.27. The molecule has 30 heavy (non-hydrogen) atoms. The second-order valence-electron chi connectivity index (χ2n) is 6.46. The quantitative estimate of drug-likeness (QED) is 0.530. The van der Waals surface area contributed by atoms with Crippen molar-refractivity contribution < 1.29 is 19.0 Å². The smallest absolute Gasteiger partial charge is 0.338 e. The Morgan fingerprint density at radius 2 is 2.00 bits per heavy atom. The van der Waals surface area contributed by atoms with Crippen LogP contribution in [0.25, 0.3) is 0 Å². The van der Waals surface area contributed by atoms with Crippen LogP contribution in [0.4, 0.5) is 0 Å². The first-order valence-corrected chi connectivity index (χ1v) is 9.92. The van der Waals surface area contributed by atoms with Crippen molar-refractivity contribution in [2.45, 2.75) is 19.4 Å². The van der Waals surface area contributed by atoms with Crippen LogP contribution in [0, 0.1) is 11.3 Å². The molecular formula is C23H21ClN2O4. The van der Waals surface area contributed by atoms with E-state index in [0.29, 0.717) is 17.9 Å². The zero-order chi connectivity index (χ0) is 21.5. The molecule has 0 bridgehead atoms. The number of alkyl halides is 1. The summed E-state index contributed by atoms with van der Waals surface area (Å²) < 4.78 is 16.5. The molecule has 6 nitrogen and oxygen atoms in total. The second kappa shape index (κ2) is 9.86. The molecule has 2 aromatic rings. The van der Waals surface area contributed by atoms with E-state index in [1.54, 1.807) is 31.2 Å². The van der Waals surface area contributed by atoms with E-state index in [4.69, 9.17) is 31.5 Å². The van der Waals surface area contributed by atoms with Crippen molar-refractivity contribution in [3.8, 4) is 11.8 Å². The molecule has 2 aromatic carbocycles. The van der Waals surface area contributed by atoms with Crippen LogP contribution in [0.5, 0.6) is 5.75 Å². The van der Waals surface area contributed by atoms with Crippen molar-refractivity contribution in [1.82, 2.24) is 0 Å². The Bertz CT molecular complexity index is 1020. The summed E-state index contributed by atoms with van der Waals surface area (Å²) in [6.45, 7) is 2.26. The minimum absolute atomic E-state index is 0.0817. The highest BCUT2D eigenvalue weighted by atomic mass is 35.5. The number of hydrogen-bond acceptors (Lipinski definition) is 6. The number of esters is 1. The SMILES string of the molecule is CCOC(=O)C1=C(CCl)OC(N)=C(C#N)[C@H]1c1cccc(OCc2ccccc2)c1. The number of halogens is 1. The number of carbonyl (C=O) groups is 1. The first-order chi connectivity index (χ1) is 14.6. The molecule has 1 aliphatic rings. The molecule has 1 aliphatic heterocycles. The van der Waals surface area contributed by atoms with Gasteiger partial charge in [0.1, 0.15) is 29.8 Å². The fraction of sp³-hybridized carbons (Fsp3) is 0.217. The van der Waals surface area contributed by atoms with Crippen LogP contribution in [0.3, 0.4) is 0 Å². The van der Waals surface area contributed by atoms with Gasteiger partial charge in [0.15, 0.2) is 0 Å². The minimum atomic E-state index is -0.767. The lowest BCUT2D eigenvalue weighted by atomic mass is 9.83. The molecule has 2 N–H and O–H groups in total. The van der Waals surface area contributed by atoms with E-state index >= 15 is 0 Å². The van der Waals surface area contributed by atoms with Gasteiger partial charge in [-0.1, -0.05) is 42.5 Å². The average molecular weight is 425 g/mol. The molecule has 0 amide bonds. The van der Waals surface area contributed by atoms with Gasteiger partial charge in [-0.25, -0.2) is 4.79 Å². The maximum atomic E-state index is 12.7. The van der Waals surface area contributed by atoms with Crippen LogP contribution in [0.1, 0.15) is 24.0 Å². The molecule has 1 atom stereocenters. The van der Waals surface area contributed by atoms with Gasteiger partial charge in [-0.3, -0.25) is 0 Å². The molecule has 0 saturated heterocycles. The number of hydrogen-bond donors (Lipinski definition) is 1. The highest BCUT2D eigenvalue weighted by Crippen LogP contribution is 2.40. The van der Waals surface area contributed by atoms with Gasteiger partial charge in [0, 0.05) is 0 Å². The number of ether oxygens (including phenoxy) is 3. The van der Waals surface area contributed by atoms with Gasteiger partial charge >= 0.3 is 5.97 Å². The van der Waals surface area contributed by atoms with E-state index in [-0.39, 0.29) is 35.3 Å². The third kappa shape index (κ3) is 4.58. The summed E-state index contributed by atoms with van der Waals surface area (Å²) in [6.07, 6.45) is 0. The first kappa shape index (κ1) is 21.3. The number of benzene rings is 2. The zero-order valence-electron chi connectivity index (χ0n) is 16.4. The predicted molar refractivity (Wildman–Crippen MR) is 112 cm³/mol. The molecule has 1 heterocycles. The molecule has 0 spiro atoms. The number of nitrogens with two attached hydrogens (primary N) is 1. The molecular weight excluding hydrogens is 404 g/mol. The Balaban J connectivity index is 1.99. The zero-order valence-corrected chi connectivity index (χ0v) is 17.2. The summed E-state index contributed by atoms with van der Waals surface area (Å²) >= 11 is 6.00. The lowest BCUT2D eigenvalue weighted by Crippen LogP contribution is -2.26. The van der Waals surface area contributed by atoms with Crippen LogP contribution in [0.15, 0.2) is 77.4 Å². The lowest BCUT2D eigenvalue weighted by molar-refractivity contribution is -0.139. The highest BCUT2D eigenvalue weighted by Gasteiger charge is 2.37. The highest BCUT2D eigenvalue weighted by molar-refractivity contribution is 6.19. The van der Waals surface area contributed by atoms with E-state index < -0.39 is 11.9 Å². The minimum Gasteiger partial charge on any atom is -0.489 e. The van der Waals surface area contributed by atoms with Gasteiger partial charge in [-0.05, 0) is 30.2 Å². The van der Waals surface area contributed by atoms with Crippen molar-refractivity contribution in [3.05, 3.63) is 88.5 Å². The van der Waals surface area contributed by atoms with Gasteiger partial charge in [-0.15, -0.1) is 11.6 Å². The third-order valence-corrected chi connectivity index (χ3v) is 4.80. The van der Waals surface area contributed by atoms with Crippen molar-refractivity contribution in [1.29, 1.82) is 5.26 Å². The molecule has 3 rings (SSSR count). The largest absolute Gasteiger partial charge is 0.489 e. The van der Waals surface area contributed by atoms with E-state index in [2.05, 4.69) is 6.07 Å². The molecule has 0 unspecified atom stereocenters. The molecule has 0 radical (unpaired) electrons. The van der Waals surface area contributed by atoms with Gasteiger partial charge < -0.3 is 19.9 Å². The predicted octanol–water partition coefficient (Wildman–Crippen LogP) is 4.13. The first-order valence-electron chi connectivity index (χ1n) is 9.39. The fourth-order valence-electron chi connectivity index (χ4n) is 3.21. The Morgan fingerprint density at radius 1 is 1.23 bits per heavy atom. The van der Waals surface area contributed by atoms with Gasteiger partial charge in [0.2, 0.25) is 5.88 Å². The number of nitrogens with zero attached hydrogens (tertiary/aromatic N) is 1. The number of nitriles is 1. The summed E-state index contributed by atoms with van der Waals surface area (Å²) in [7, 11) is 0. The monoisotopic (exact) mass is 424 g/mol. The maximum Gasteiger partial charge on any atom is 0.338 e. The van der Waals surface area contributed by atoms with Gasteiger partial charge in [0.05, 0.1) is 24.0 Å². The molecule has 0 saturated carbocycles. The second-order valence-corrected chi connectivity index (χ2v) is 6.73. The summed E-state index contributed by atoms with van der Waals surface area (Å²) in [5.74, 6) is -0.775. The van der Waals surface area contributed by atoms with Crippen LogP contribution in [-0.4, -0.2) is 18.5 Å². The molecule has 7 heteroatoms. The third-order valence-electron chi connectivity index (χ3n) is 4.55. The Morgan fingerprint density at radius 3 is 2.67 bits per heavy atom. The van der Waals surface area contributed by atoms with Gasteiger partial charge in [-0.2, -0.15) is 5.26 Å². The summed E-state index contributed by atoms with van der Waals surface area (Å²) in [5.41, 5.74) is 7.90. The van der Waals surface area contributed by atoms with Crippen molar-refractivity contribution in [2.24, 2.45) is 5.73 Å². The number of allylic oxidation sites excluding steroid dienone is 2. The van der Waals surface area contributed by atoms with Crippen molar-refractivity contribution in [3.63, 3.8) is 0 Å². The molecule has 154 valence electrons. The van der Waals surface area contributed by atoms with Gasteiger partial charge in [0.25, 0.3) is 0 Å². The van der Waals surface area contributed by atoms with Crippen LogP contribution in [-0.2, 0) is 20.9 Å². The van der Waals surface area contributed by atoms with Crippen LogP contribution >= 0.6 is 11.6 Å². The van der Waals surface area contributed by atoms with Crippen molar-refractivity contribution >= 4 is 17.6 Å². The Kier molecular flexibility index (Phi) is 6.99. The maximum absolute atomic E-state index is 12.7. The normalized spacial score (nSPS) is 16.0. The Labute approximate surface area is 180 Å². The average Bonchev–Trinajstić information content (AvgIpc) is 2.77. The molecule has 0 aromatic heterocycles.